The van der Waals surface area contributed by atoms with Gasteiger partial charge in [-0.3, -0.25) is 14.4 Å². The van der Waals surface area contributed by atoms with Crippen molar-refractivity contribution in [3.63, 3.8) is 0 Å². The topological polar surface area (TPSA) is 316 Å². The molecular weight excluding hydrogens is 900 g/mol. The predicted molar refractivity (Wildman–Crippen MR) is 230 cm³/mol. The van der Waals surface area contributed by atoms with Crippen molar-refractivity contribution in [2.75, 3.05) is 7.11 Å². The number of hydrogen-bond acceptors (Lipinski definition) is 21. The standard InChI is InChI=1S/C47H62O21/c1-16-26(65-29-12-25(49)37(51)18(3)61-29)11-23-9-22-10-24-42(60-8)41(55)33(17(2)48)44(57)47(24,45(58)35(22)40(54)34(23)36(16)50)68-31-14-28(39(53)20(5)63-31)66-30-13-27(38(52)19(4)62-30)67-32-15-46(7,59)43(56)21(6)64-32/h9,11,18-21,24-25,27-32,37-39,42-43,49-54,56-57,59H,10,12-15H2,1-8H3/t18-,19-,20-,21-,24+,25-,27-,28-,29+,30+,31+,32+,37-,38+,39-,42+,43-,46+,47-/m1/s1. The van der Waals surface area contributed by atoms with E-state index in [1.807, 2.05) is 0 Å². The van der Waals surface area contributed by atoms with Crippen LogP contribution in [0.15, 0.2) is 23.5 Å². The van der Waals surface area contributed by atoms with Crippen LogP contribution in [0, 0.1) is 12.8 Å². The molecule has 4 heterocycles. The van der Waals surface area contributed by atoms with E-state index in [9.17, 15) is 55.5 Å². The van der Waals surface area contributed by atoms with E-state index >= 15 is 4.79 Å². The number of benzene rings is 2. The highest BCUT2D eigenvalue weighted by Gasteiger charge is 2.65. The van der Waals surface area contributed by atoms with Crippen LogP contribution in [0.5, 0.6) is 17.2 Å². The second-order valence-corrected chi connectivity index (χ2v) is 19.3. The number of aliphatic hydroxyl groups is 7. The van der Waals surface area contributed by atoms with Gasteiger partial charge in [0, 0.05) is 44.3 Å². The summed E-state index contributed by atoms with van der Waals surface area (Å²) in [6.07, 6.45) is -18.8. The Morgan fingerprint density at radius 2 is 1.34 bits per heavy atom. The molecule has 2 aromatic rings. The van der Waals surface area contributed by atoms with Crippen LogP contribution in [0.2, 0.25) is 0 Å². The van der Waals surface area contributed by atoms with E-state index in [2.05, 4.69) is 0 Å². The van der Waals surface area contributed by atoms with Crippen LogP contribution in [0.4, 0.5) is 0 Å². The Balaban J connectivity index is 1.12. The van der Waals surface area contributed by atoms with Crippen LogP contribution in [0.3, 0.4) is 0 Å². The van der Waals surface area contributed by atoms with Gasteiger partial charge < -0.3 is 88.6 Å². The quantitative estimate of drug-likeness (QED) is 0.150. The zero-order valence-electron chi connectivity index (χ0n) is 38.9. The van der Waals surface area contributed by atoms with Crippen molar-refractivity contribution in [2.24, 2.45) is 5.92 Å². The molecule has 9 N–H and O–H groups in total. The van der Waals surface area contributed by atoms with Crippen molar-refractivity contribution in [1.82, 2.24) is 0 Å². The molecule has 0 unspecified atom stereocenters. The Labute approximate surface area is 391 Å². The molecule has 4 fully saturated rings. The number of ether oxygens (including phenoxy) is 9. The fourth-order valence-electron chi connectivity index (χ4n) is 10.7. The van der Waals surface area contributed by atoms with Gasteiger partial charge in [-0.05, 0) is 78.0 Å². The van der Waals surface area contributed by atoms with E-state index in [0.717, 1.165) is 6.92 Å². The Morgan fingerprint density at radius 1 is 0.765 bits per heavy atom. The molecule has 0 bridgehead atoms. The van der Waals surface area contributed by atoms with E-state index in [0.29, 0.717) is 0 Å². The maximum Gasteiger partial charge on any atom is 0.207 e. The average molecular weight is 963 g/mol. The van der Waals surface area contributed by atoms with Gasteiger partial charge in [0.15, 0.2) is 36.0 Å². The summed E-state index contributed by atoms with van der Waals surface area (Å²) in [4.78, 5) is 42.6. The van der Waals surface area contributed by atoms with Crippen LogP contribution in [-0.2, 0) is 53.9 Å². The number of phenols is 2. The molecule has 4 aliphatic heterocycles. The summed E-state index contributed by atoms with van der Waals surface area (Å²) in [5, 5.41) is 100. The molecule has 0 aromatic heterocycles. The summed E-state index contributed by atoms with van der Waals surface area (Å²) in [5.74, 6) is -6.51. The van der Waals surface area contributed by atoms with Crippen molar-refractivity contribution >= 4 is 28.1 Å². The van der Waals surface area contributed by atoms with Gasteiger partial charge in [-0.2, -0.15) is 0 Å². The number of carbonyl (C=O) groups excluding carboxylic acids is 3. The molecule has 0 radical (unpaired) electrons. The number of methoxy groups -OCH3 is 1. The number of carbonyl (C=O) groups is 3. The first kappa shape index (κ1) is 50.5. The summed E-state index contributed by atoms with van der Waals surface area (Å²) in [6.45, 7) is 10.2. The SMILES string of the molecule is CO[C@@H]1C(=O)C(C(C)=O)=C(O)[C@@]2(O[C@H]3C[C@@H](O[C@H]4C[C@@H](O[C@H]5C[C@](C)(O)[C@H](O)[C@@H](C)O5)[C@@H](O)[C@@H](C)O4)[C@H](O)[C@@H](C)O3)C(=O)c3c(cc4cc(O[C@H]5C[C@@H](O)[C@H](O)[C@@H](C)O5)c(C)c(O)c4c3O)C[C@@H]12. The number of fused-ring (bicyclic) bond motifs is 3. The van der Waals surface area contributed by atoms with E-state index in [-0.39, 0.29) is 59.8 Å². The minimum absolute atomic E-state index is 0.0904. The molecule has 19 atom stereocenters. The normalized spacial score (nSPS) is 42.2. The lowest BCUT2D eigenvalue weighted by Crippen LogP contribution is -2.65. The van der Waals surface area contributed by atoms with Gasteiger partial charge in [0.25, 0.3) is 0 Å². The highest BCUT2D eigenvalue weighted by Crippen LogP contribution is 2.53. The number of ketones is 3. The summed E-state index contributed by atoms with van der Waals surface area (Å²) in [6, 6.07) is 2.98. The molecule has 376 valence electrons. The lowest BCUT2D eigenvalue weighted by atomic mass is 9.62. The number of Topliss-reactive ketones (excluding diaryl/α,β-unsaturated/α-hetero) is 3. The molecule has 6 aliphatic rings. The fourth-order valence-corrected chi connectivity index (χ4v) is 10.7. The Bertz CT molecular complexity index is 2320. The zero-order valence-corrected chi connectivity index (χ0v) is 38.9. The van der Waals surface area contributed by atoms with Crippen molar-refractivity contribution in [2.45, 2.75) is 190 Å². The van der Waals surface area contributed by atoms with Gasteiger partial charge in [0.2, 0.25) is 12.1 Å². The lowest BCUT2D eigenvalue weighted by molar-refractivity contribution is -0.337. The first-order chi connectivity index (χ1) is 31.9. The van der Waals surface area contributed by atoms with Crippen molar-refractivity contribution in [3.8, 4) is 17.2 Å². The van der Waals surface area contributed by atoms with Gasteiger partial charge in [0.05, 0.1) is 59.3 Å². The molecule has 21 nitrogen and oxygen atoms in total. The molecule has 8 rings (SSSR count). The van der Waals surface area contributed by atoms with E-state index < -0.39 is 161 Å². The number of aromatic hydroxyl groups is 2. The number of phenolic OH excluding ortho intramolecular Hbond substituents is 2. The highest BCUT2D eigenvalue weighted by atomic mass is 16.7. The van der Waals surface area contributed by atoms with Gasteiger partial charge in [-0.25, -0.2) is 0 Å². The third-order valence-electron chi connectivity index (χ3n) is 14.5. The van der Waals surface area contributed by atoms with Crippen LogP contribution >= 0.6 is 0 Å². The second kappa shape index (κ2) is 18.7. The third kappa shape index (κ3) is 8.61. The number of aliphatic hydroxyl groups excluding tert-OH is 6. The predicted octanol–water partition coefficient (Wildman–Crippen LogP) is 0.913. The van der Waals surface area contributed by atoms with E-state index in [1.165, 1.54) is 40.0 Å². The van der Waals surface area contributed by atoms with Gasteiger partial charge >= 0.3 is 0 Å². The van der Waals surface area contributed by atoms with Crippen molar-refractivity contribution in [1.29, 1.82) is 0 Å². The molecule has 0 spiro atoms. The lowest BCUT2D eigenvalue weighted by Gasteiger charge is -2.50. The highest BCUT2D eigenvalue weighted by molar-refractivity contribution is 6.25. The van der Waals surface area contributed by atoms with Crippen LogP contribution in [0.1, 0.15) is 88.7 Å². The second-order valence-electron chi connectivity index (χ2n) is 19.3. The fraction of sp³-hybridized carbons (Fsp3) is 0.681. The van der Waals surface area contributed by atoms with Crippen LogP contribution in [-0.4, -0.2) is 180 Å². The van der Waals surface area contributed by atoms with E-state index in [4.69, 9.17) is 42.6 Å². The van der Waals surface area contributed by atoms with Crippen LogP contribution in [0.25, 0.3) is 10.8 Å². The van der Waals surface area contributed by atoms with Gasteiger partial charge in [-0.15, -0.1) is 0 Å². The number of hydrogen-bond donors (Lipinski definition) is 9. The minimum atomic E-state index is -2.65. The molecular formula is C47H62O21. The Morgan fingerprint density at radius 3 is 1.94 bits per heavy atom. The molecule has 0 saturated carbocycles. The summed E-state index contributed by atoms with van der Waals surface area (Å²) in [7, 11) is 1.19. The first-order valence-corrected chi connectivity index (χ1v) is 22.9. The number of rotatable bonds is 10. The van der Waals surface area contributed by atoms with E-state index in [1.54, 1.807) is 20.8 Å². The Hall–Kier alpha value is -3.91. The third-order valence-corrected chi connectivity index (χ3v) is 14.5. The minimum Gasteiger partial charge on any atom is -0.508 e. The largest absolute Gasteiger partial charge is 0.508 e. The molecule has 2 aliphatic carbocycles. The van der Waals surface area contributed by atoms with Crippen molar-refractivity contribution < 1.29 is 103 Å². The monoisotopic (exact) mass is 962 g/mol. The first-order valence-electron chi connectivity index (χ1n) is 22.9. The molecule has 2 aromatic carbocycles. The molecule has 0 amide bonds. The maximum absolute atomic E-state index is 15.4. The van der Waals surface area contributed by atoms with Crippen LogP contribution < -0.4 is 4.74 Å². The molecule has 4 saturated heterocycles. The summed E-state index contributed by atoms with van der Waals surface area (Å²) >= 11 is 0. The summed E-state index contributed by atoms with van der Waals surface area (Å²) < 4.78 is 54.3. The maximum atomic E-state index is 15.4. The smallest absolute Gasteiger partial charge is 0.207 e. The van der Waals surface area contributed by atoms with Gasteiger partial charge in [0.1, 0.15) is 59.1 Å². The van der Waals surface area contributed by atoms with Crippen molar-refractivity contribution in [3.05, 3.63) is 40.2 Å². The average Bonchev–Trinajstić information content (AvgIpc) is 3.25. The molecule has 68 heavy (non-hydrogen) atoms. The Kier molecular flexibility index (Phi) is 13.9. The summed E-state index contributed by atoms with van der Waals surface area (Å²) in [5.41, 5.74) is -5.11. The molecule has 21 heteroatoms. The zero-order chi connectivity index (χ0) is 49.6. The van der Waals surface area contributed by atoms with Gasteiger partial charge in [-0.1, -0.05) is 0 Å².